The first kappa shape index (κ1) is 16.0. The van der Waals surface area contributed by atoms with E-state index in [9.17, 15) is 9.59 Å². The maximum Gasteiger partial charge on any atom is 0.514 e. The molecule has 0 amide bonds. The van der Waals surface area contributed by atoms with Gasteiger partial charge < -0.3 is 14.2 Å². The molecule has 0 N–H and O–H groups in total. The summed E-state index contributed by atoms with van der Waals surface area (Å²) in [5.74, 6) is -0.0566. The highest BCUT2D eigenvalue weighted by molar-refractivity contribution is 5.91. The Hall–Kier alpha value is -2.04. The molecular weight excluding hydrogens is 260 g/mol. The molecule has 0 aliphatic heterocycles. The molecule has 0 aromatic heterocycles. The summed E-state index contributed by atoms with van der Waals surface area (Å²) in [5, 5.41) is 0. The number of carbonyl (C=O) groups is 2. The van der Waals surface area contributed by atoms with E-state index in [-0.39, 0.29) is 0 Å². The average Bonchev–Trinajstić information content (AvgIpc) is 2.32. The largest absolute Gasteiger partial charge is 0.514 e. The van der Waals surface area contributed by atoms with Gasteiger partial charge in [0.15, 0.2) is 0 Å². The lowest BCUT2D eigenvalue weighted by Gasteiger charge is -2.19. The fourth-order valence-electron chi connectivity index (χ4n) is 1.60. The van der Waals surface area contributed by atoms with Gasteiger partial charge in [0.25, 0.3) is 0 Å². The Labute approximate surface area is 118 Å². The fourth-order valence-corrected chi connectivity index (χ4v) is 1.60. The minimum atomic E-state index is -0.772. The minimum Gasteiger partial charge on any atom is -0.465 e. The Balaban J connectivity index is 2.97. The van der Waals surface area contributed by atoms with Crippen LogP contribution in [0.3, 0.4) is 0 Å². The first-order valence-electron chi connectivity index (χ1n) is 6.25. The third kappa shape index (κ3) is 3.98. The van der Waals surface area contributed by atoms with Crippen LogP contribution in [0.4, 0.5) is 4.79 Å². The molecular formula is C15H20O5. The molecule has 20 heavy (non-hydrogen) atoms. The third-order valence-corrected chi connectivity index (χ3v) is 2.73. The molecule has 0 spiro atoms. The zero-order chi connectivity index (χ0) is 15.5. The molecule has 110 valence electrons. The fraction of sp³-hybridized carbons (Fsp3) is 0.467. The number of hydrogen-bond acceptors (Lipinski definition) is 5. The van der Waals surface area contributed by atoms with Crippen LogP contribution in [-0.4, -0.2) is 24.8 Å². The minimum absolute atomic E-state index is 0.365. The number of methoxy groups -OCH3 is 1. The van der Waals surface area contributed by atoms with Crippen molar-refractivity contribution >= 4 is 12.1 Å². The van der Waals surface area contributed by atoms with E-state index in [1.165, 1.54) is 7.11 Å². The van der Waals surface area contributed by atoms with Gasteiger partial charge >= 0.3 is 12.1 Å². The van der Waals surface area contributed by atoms with Crippen LogP contribution < -0.4 is 4.74 Å². The second-order valence-corrected chi connectivity index (χ2v) is 5.42. The summed E-state index contributed by atoms with van der Waals surface area (Å²) in [5.41, 5.74) is 1.23. The number of esters is 1. The van der Waals surface area contributed by atoms with Crippen molar-refractivity contribution in [3.05, 3.63) is 28.8 Å². The standard InChI is InChI=1S/C15H20O5/c1-9-10(2)12(8-7-11(9)13(16)18-6)19-14(17)20-15(3,4)5/h7-8H,1-6H3. The van der Waals surface area contributed by atoms with Gasteiger partial charge in [-0.3, -0.25) is 0 Å². The molecule has 0 bridgehead atoms. The molecule has 0 saturated heterocycles. The maximum atomic E-state index is 11.6. The summed E-state index contributed by atoms with van der Waals surface area (Å²) >= 11 is 0. The monoisotopic (exact) mass is 280 g/mol. The molecule has 1 rings (SSSR count). The van der Waals surface area contributed by atoms with Crippen molar-refractivity contribution in [2.24, 2.45) is 0 Å². The molecule has 0 unspecified atom stereocenters. The number of hydrogen-bond donors (Lipinski definition) is 0. The van der Waals surface area contributed by atoms with Crippen LogP contribution >= 0.6 is 0 Å². The van der Waals surface area contributed by atoms with Gasteiger partial charge in [-0.1, -0.05) is 0 Å². The molecule has 0 radical (unpaired) electrons. The van der Waals surface area contributed by atoms with Crippen LogP contribution in [0.15, 0.2) is 12.1 Å². The van der Waals surface area contributed by atoms with E-state index in [1.54, 1.807) is 46.8 Å². The highest BCUT2D eigenvalue weighted by atomic mass is 16.7. The predicted molar refractivity (Wildman–Crippen MR) is 74.1 cm³/mol. The van der Waals surface area contributed by atoms with Crippen molar-refractivity contribution in [1.82, 2.24) is 0 Å². The zero-order valence-electron chi connectivity index (χ0n) is 12.7. The molecule has 5 nitrogen and oxygen atoms in total. The van der Waals surface area contributed by atoms with Crippen molar-refractivity contribution in [3.8, 4) is 5.75 Å². The lowest BCUT2D eigenvalue weighted by Crippen LogP contribution is -2.26. The lowest BCUT2D eigenvalue weighted by molar-refractivity contribution is 0.0204. The van der Waals surface area contributed by atoms with Gasteiger partial charge in [-0.05, 0) is 57.9 Å². The van der Waals surface area contributed by atoms with E-state index in [1.807, 2.05) is 0 Å². The van der Waals surface area contributed by atoms with E-state index in [2.05, 4.69) is 4.74 Å². The second-order valence-electron chi connectivity index (χ2n) is 5.42. The van der Waals surface area contributed by atoms with Gasteiger partial charge in [-0.2, -0.15) is 0 Å². The van der Waals surface area contributed by atoms with E-state index in [0.29, 0.717) is 22.4 Å². The van der Waals surface area contributed by atoms with Gasteiger partial charge in [0.2, 0.25) is 0 Å². The third-order valence-electron chi connectivity index (χ3n) is 2.73. The van der Waals surface area contributed by atoms with Crippen molar-refractivity contribution in [2.45, 2.75) is 40.2 Å². The van der Waals surface area contributed by atoms with Gasteiger partial charge in [-0.15, -0.1) is 0 Å². The van der Waals surface area contributed by atoms with E-state index in [0.717, 1.165) is 0 Å². The summed E-state index contributed by atoms with van der Waals surface area (Å²) < 4.78 is 14.9. The Kier molecular flexibility index (Phi) is 4.76. The SMILES string of the molecule is COC(=O)c1ccc(OC(=O)OC(C)(C)C)c(C)c1C. The average molecular weight is 280 g/mol. The van der Waals surface area contributed by atoms with Gasteiger partial charge in [0, 0.05) is 0 Å². The number of benzene rings is 1. The van der Waals surface area contributed by atoms with Gasteiger partial charge in [-0.25, -0.2) is 9.59 Å². The molecule has 0 aliphatic carbocycles. The van der Waals surface area contributed by atoms with Crippen LogP contribution in [0.5, 0.6) is 5.75 Å². The first-order chi connectivity index (χ1) is 9.15. The Morgan fingerprint density at radius 2 is 1.65 bits per heavy atom. The van der Waals surface area contributed by atoms with Gasteiger partial charge in [0.1, 0.15) is 11.4 Å². The van der Waals surface area contributed by atoms with E-state index < -0.39 is 17.7 Å². The van der Waals surface area contributed by atoms with Crippen LogP contribution in [0, 0.1) is 13.8 Å². The molecule has 0 heterocycles. The summed E-state index contributed by atoms with van der Waals surface area (Å²) in [4.78, 5) is 23.2. The molecule has 0 saturated carbocycles. The van der Waals surface area contributed by atoms with Crippen molar-refractivity contribution < 1.29 is 23.8 Å². The van der Waals surface area contributed by atoms with Crippen LogP contribution in [0.2, 0.25) is 0 Å². The van der Waals surface area contributed by atoms with Crippen LogP contribution in [0.1, 0.15) is 42.3 Å². The lowest BCUT2D eigenvalue weighted by atomic mass is 10.0. The molecule has 1 aromatic rings. The van der Waals surface area contributed by atoms with Crippen molar-refractivity contribution in [1.29, 1.82) is 0 Å². The predicted octanol–water partition coefficient (Wildman–Crippen LogP) is 3.40. The molecule has 1 aromatic carbocycles. The molecule has 0 aliphatic rings. The van der Waals surface area contributed by atoms with Crippen molar-refractivity contribution in [3.63, 3.8) is 0 Å². The maximum absolute atomic E-state index is 11.6. The zero-order valence-corrected chi connectivity index (χ0v) is 12.7. The second kappa shape index (κ2) is 5.94. The van der Waals surface area contributed by atoms with E-state index >= 15 is 0 Å². The summed E-state index contributed by atoms with van der Waals surface area (Å²) in [6.07, 6.45) is -0.772. The van der Waals surface area contributed by atoms with Gasteiger partial charge in [0.05, 0.1) is 12.7 Å². The summed E-state index contributed by atoms with van der Waals surface area (Å²) in [6.45, 7) is 8.80. The highest BCUT2D eigenvalue weighted by Crippen LogP contribution is 2.25. The Morgan fingerprint density at radius 1 is 1.05 bits per heavy atom. The van der Waals surface area contributed by atoms with Crippen LogP contribution in [0.25, 0.3) is 0 Å². The molecule has 5 heteroatoms. The molecule has 0 atom stereocenters. The Morgan fingerprint density at radius 3 is 2.15 bits per heavy atom. The van der Waals surface area contributed by atoms with E-state index in [4.69, 9.17) is 9.47 Å². The first-order valence-corrected chi connectivity index (χ1v) is 6.25. The number of carbonyl (C=O) groups excluding carboxylic acids is 2. The quantitative estimate of drug-likeness (QED) is 0.613. The van der Waals surface area contributed by atoms with Crippen LogP contribution in [-0.2, 0) is 9.47 Å². The normalized spacial score (nSPS) is 10.9. The summed E-state index contributed by atoms with van der Waals surface area (Å²) in [7, 11) is 1.32. The number of rotatable bonds is 2. The smallest absolute Gasteiger partial charge is 0.465 e. The van der Waals surface area contributed by atoms with Crippen molar-refractivity contribution in [2.75, 3.05) is 7.11 Å². The topological polar surface area (TPSA) is 61.8 Å². The molecule has 0 fully saturated rings. The summed E-state index contributed by atoms with van der Waals surface area (Å²) in [6, 6.07) is 3.12. The number of ether oxygens (including phenoxy) is 3. The Bertz CT molecular complexity index is 526. The highest BCUT2D eigenvalue weighted by Gasteiger charge is 2.20.